The maximum Gasteiger partial charge on any atom is 0.0546 e. The van der Waals surface area contributed by atoms with Gasteiger partial charge in [0.1, 0.15) is 0 Å². The van der Waals surface area contributed by atoms with Gasteiger partial charge >= 0.3 is 0 Å². The molecule has 0 heterocycles. The summed E-state index contributed by atoms with van der Waals surface area (Å²) in [5, 5.41) is 7.49. The lowest BCUT2D eigenvalue weighted by Crippen LogP contribution is -2.16. The number of anilines is 3. The molecule has 0 radical (unpaired) electrons. The molecule has 1 nitrogen and oxygen atoms in total. The molecule has 9 aromatic rings. The number of rotatable bonds is 5. The Morgan fingerprint density at radius 3 is 1.71 bits per heavy atom. The van der Waals surface area contributed by atoms with Gasteiger partial charge in [0.25, 0.3) is 0 Å². The van der Waals surface area contributed by atoms with E-state index in [2.05, 4.69) is 207 Å². The molecule has 1 heteroatoms. The molecule has 0 spiro atoms. The van der Waals surface area contributed by atoms with E-state index in [0.717, 1.165) is 11.4 Å². The Morgan fingerprint density at radius 1 is 0.365 bits per heavy atom. The number of hydrogen-bond acceptors (Lipinski definition) is 1. The lowest BCUT2D eigenvalue weighted by atomic mass is 9.82. The summed E-state index contributed by atoms with van der Waals surface area (Å²) in [4.78, 5) is 2.52. The number of hydrogen-bond donors (Lipinski definition) is 0. The van der Waals surface area contributed by atoms with Crippen LogP contribution in [0.25, 0.3) is 65.7 Å². The van der Waals surface area contributed by atoms with Crippen LogP contribution in [-0.2, 0) is 5.41 Å². The fraction of sp³-hybridized carbons (Fsp3) is 0.0588. The molecule has 0 saturated heterocycles. The third-order valence-electron chi connectivity index (χ3n) is 11.2. The van der Waals surface area contributed by atoms with Crippen molar-refractivity contribution in [3.63, 3.8) is 0 Å². The molecule has 0 bridgehead atoms. The largest absolute Gasteiger partial charge is 0.309 e. The second-order valence-corrected chi connectivity index (χ2v) is 14.6. The van der Waals surface area contributed by atoms with Gasteiger partial charge in [-0.1, -0.05) is 159 Å². The molecule has 0 aliphatic heterocycles. The highest BCUT2D eigenvalue weighted by Gasteiger charge is 2.38. The van der Waals surface area contributed by atoms with Crippen molar-refractivity contribution >= 4 is 49.4 Å². The van der Waals surface area contributed by atoms with Crippen LogP contribution in [0.15, 0.2) is 188 Å². The number of fused-ring (bicyclic) bond motifs is 6. The smallest absolute Gasteiger partial charge is 0.0546 e. The normalized spacial score (nSPS) is 13.0. The first-order valence-corrected chi connectivity index (χ1v) is 18.2. The summed E-state index contributed by atoms with van der Waals surface area (Å²) >= 11 is 0. The van der Waals surface area contributed by atoms with Crippen molar-refractivity contribution in [1.29, 1.82) is 0 Å². The zero-order valence-corrected chi connectivity index (χ0v) is 29.3. The van der Waals surface area contributed by atoms with Crippen LogP contribution in [0.1, 0.15) is 25.0 Å². The lowest BCUT2D eigenvalue weighted by Gasteiger charge is -2.31. The average molecular weight is 664 g/mol. The summed E-state index contributed by atoms with van der Waals surface area (Å²) in [5.74, 6) is 0. The van der Waals surface area contributed by atoms with E-state index in [1.165, 1.54) is 82.5 Å². The van der Waals surface area contributed by atoms with Gasteiger partial charge < -0.3 is 4.90 Å². The van der Waals surface area contributed by atoms with Crippen LogP contribution in [-0.4, -0.2) is 0 Å². The molecule has 52 heavy (non-hydrogen) atoms. The van der Waals surface area contributed by atoms with E-state index < -0.39 is 0 Å². The van der Waals surface area contributed by atoms with Gasteiger partial charge in [0.05, 0.1) is 11.4 Å². The Morgan fingerprint density at radius 2 is 0.942 bits per heavy atom. The molecule has 10 rings (SSSR count). The molecule has 1 aliphatic carbocycles. The van der Waals surface area contributed by atoms with Crippen molar-refractivity contribution in [3.05, 3.63) is 199 Å². The zero-order chi connectivity index (χ0) is 34.8. The summed E-state index contributed by atoms with van der Waals surface area (Å²) in [6, 6.07) is 69.3. The van der Waals surface area contributed by atoms with Crippen molar-refractivity contribution in [3.8, 4) is 33.4 Å². The van der Waals surface area contributed by atoms with Gasteiger partial charge in [-0.25, -0.2) is 0 Å². The molecule has 0 aromatic heterocycles. The van der Waals surface area contributed by atoms with Gasteiger partial charge in [-0.2, -0.15) is 0 Å². The van der Waals surface area contributed by atoms with Crippen molar-refractivity contribution in [2.75, 3.05) is 4.90 Å². The molecule has 0 unspecified atom stereocenters. The molecule has 0 saturated carbocycles. The first-order chi connectivity index (χ1) is 25.5. The molecule has 0 N–H and O–H groups in total. The van der Waals surface area contributed by atoms with E-state index in [1.54, 1.807) is 0 Å². The molecule has 0 amide bonds. The van der Waals surface area contributed by atoms with Gasteiger partial charge in [0.15, 0.2) is 0 Å². The summed E-state index contributed by atoms with van der Waals surface area (Å²) in [6.45, 7) is 4.76. The maximum absolute atomic E-state index is 2.52. The summed E-state index contributed by atoms with van der Waals surface area (Å²) < 4.78 is 0. The number of benzene rings is 9. The highest BCUT2D eigenvalue weighted by atomic mass is 15.1. The van der Waals surface area contributed by atoms with Crippen LogP contribution in [0.4, 0.5) is 17.1 Å². The van der Waals surface area contributed by atoms with Crippen LogP contribution in [0.3, 0.4) is 0 Å². The SMILES string of the molecule is CC1(C)c2cc3ccccc3cc2-c2c(N(c3ccc(-c4ccccc4)cc3)c3ccc4ccccc4c3-c3ccc4ccccc4c3)cccc21. The second kappa shape index (κ2) is 11.8. The average Bonchev–Trinajstić information content (AvgIpc) is 3.42. The third kappa shape index (κ3) is 4.77. The quantitative estimate of drug-likeness (QED) is 0.177. The standard InChI is InChI=1S/C51H37N/c1-51(2)45-21-12-22-47(50(45)44-32-39-18-8-9-19-40(39)33-46(44)51)52(42-28-25-36(26-29-42)34-13-4-3-5-14-34)48-30-27-37-16-10-11-20-43(37)49(48)41-24-23-35-15-6-7-17-38(35)31-41/h3-33H,1-2H3. The van der Waals surface area contributed by atoms with Crippen molar-refractivity contribution in [1.82, 2.24) is 0 Å². The highest BCUT2D eigenvalue weighted by Crippen LogP contribution is 2.56. The topological polar surface area (TPSA) is 3.24 Å². The molecular formula is C51H37N. The Hall–Kier alpha value is -6.44. The molecular weight excluding hydrogens is 627 g/mol. The summed E-state index contributed by atoms with van der Waals surface area (Å²) in [7, 11) is 0. The Balaban J connectivity index is 1.28. The van der Waals surface area contributed by atoms with E-state index in [-0.39, 0.29) is 5.41 Å². The van der Waals surface area contributed by atoms with Crippen LogP contribution in [0, 0.1) is 0 Å². The Kier molecular flexibility index (Phi) is 6.91. The van der Waals surface area contributed by atoms with E-state index in [0.29, 0.717) is 0 Å². The number of nitrogens with zero attached hydrogens (tertiary/aromatic N) is 1. The minimum atomic E-state index is -0.155. The Bertz CT molecular complexity index is 2810. The van der Waals surface area contributed by atoms with Crippen LogP contribution in [0.5, 0.6) is 0 Å². The van der Waals surface area contributed by atoms with E-state index in [4.69, 9.17) is 0 Å². The predicted octanol–water partition coefficient (Wildman–Crippen LogP) is 14.3. The highest BCUT2D eigenvalue weighted by molar-refractivity contribution is 6.08. The maximum atomic E-state index is 2.52. The van der Waals surface area contributed by atoms with Crippen LogP contribution in [0.2, 0.25) is 0 Å². The lowest BCUT2D eigenvalue weighted by molar-refractivity contribution is 0.661. The summed E-state index contributed by atoms with van der Waals surface area (Å²) in [5.41, 5.74) is 13.5. The monoisotopic (exact) mass is 663 g/mol. The fourth-order valence-corrected chi connectivity index (χ4v) is 8.58. The third-order valence-corrected chi connectivity index (χ3v) is 11.2. The molecule has 246 valence electrons. The summed E-state index contributed by atoms with van der Waals surface area (Å²) in [6.07, 6.45) is 0. The van der Waals surface area contributed by atoms with Gasteiger partial charge in [0, 0.05) is 22.2 Å². The minimum Gasteiger partial charge on any atom is -0.309 e. The van der Waals surface area contributed by atoms with Gasteiger partial charge in [-0.3, -0.25) is 0 Å². The fourth-order valence-electron chi connectivity index (χ4n) is 8.58. The van der Waals surface area contributed by atoms with E-state index in [9.17, 15) is 0 Å². The van der Waals surface area contributed by atoms with E-state index in [1.807, 2.05) is 0 Å². The minimum absolute atomic E-state index is 0.155. The van der Waals surface area contributed by atoms with Gasteiger partial charge in [0.2, 0.25) is 0 Å². The Labute approximate surface area is 305 Å². The second-order valence-electron chi connectivity index (χ2n) is 14.6. The van der Waals surface area contributed by atoms with Crippen molar-refractivity contribution in [2.24, 2.45) is 0 Å². The van der Waals surface area contributed by atoms with Gasteiger partial charge in [-0.15, -0.1) is 0 Å². The molecule has 9 aromatic carbocycles. The molecule has 0 atom stereocenters. The molecule has 0 fully saturated rings. The van der Waals surface area contributed by atoms with Crippen LogP contribution >= 0.6 is 0 Å². The van der Waals surface area contributed by atoms with Crippen LogP contribution < -0.4 is 4.90 Å². The van der Waals surface area contributed by atoms with Crippen molar-refractivity contribution < 1.29 is 0 Å². The molecule has 1 aliphatic rings. The van der Waals surface area contributed by atoms with E-state index >= 15 is 0 Å². The first-order valence-electron chi connectivity index (χ1n) is 18.2. The van der Waals surface area contributed by atoms with Crippen molar-refractivity contribution in [2.45, 2.75) is 19.3 Å². The van der Waals surface area contributed by atoms with Gasteiger partial charge in [-0.05, 0) is 108 Å². The first kappa shape index (κ1) is 30.4. The zero-order valence-electron chi connectivity index (χ0n) is 29.3. The predicted molar refractivity (Wildman–Crippen MR) is 222 cm³/mol.